The van der Waals surface area contributed by atoms with E-state index in [1.165, 1.54) is 11.9 Å². The zero-order chi connectivity index (χ0) is 37.9. The third-order valence-corrected chi connectivity index (χ3v) is 11.2. The number of nitrogens with zero attached hydrogens (tertiary/aromatic N) is 2. The van der Waals surface area contributed by atoms with Crippen molar-refractivity contribution < 1.29 is 45.6 Å². The van der Waals surface area contributed by atoms with Gasteiger partial charge in [-0.25, -0.2) is 17.5 Å². The number of amides is 5. The van der Waals surface area contributed by atoms with E-state index >= 15 is 0 Å². The fourth-order valence-electron chi connectivity index (χ4n) is 6.41. The lowest BCUT2D eigenvalue weighted by Gasteiger charge is -2.38. The van der Waals surface area contributed by atoms with Gasteiger partial charge in [0.25, 0.3) is 5.91 Å². The lowest BCUT2D eigenvalue weighted by atomic mass is 9.85. The Morgan fingerprint density at radius 1 is 1.02 bits per heavy atom. The smallest absolute Gasteiger partial charge is 0.349 e. The number of alkyl halides is 3. The molecule has 282 valence electrons. The SMILES string of the molecule is CCCC(NC(=O)[C@@H]1[C@@H]2[C@H](CN1C(=O)[C@@H](NC(=O)N[C@H](CN(C)S(C)(=O)=O)[C@@H](C)CC)C(C)(C)C)C2(C)C)C(=O)C(=O)NCCC(F)(F)F. The number of nitrogens with one attached hydrogen (secondary N) is 4. The molecular formula is C32H55F3N6O7S. The van der Waals surface area contributed by atoms with Gasteiger partial charge in [0, 0.05) is 32.7 Å². The first-order valence-corrected chi connectivity index (χ1v) is 18.6. The minimum atomic E-state index is -4.52. The minimum absolute atomic E-state index is 0.0141. The quantitative estimate of drug-likeness (QED) is 0.177. The first-order valence-electron chi connectivity index (χ1n) is 16.8. The lowest BCUT2D eigenvalue weighted by Crippen LogP contribution is -2.62. The van der Waals surface area contributed by atoms with E-state index in [-0.39, 0.29) is 42.7 Å². The Morgan fingerprint density at radius 2 is 1.61 bits per heavy atom. The zero-order valence-corrected chi connectivity index (χ0v) is 31.1. The number of carbonyl (C=O) groups excluding carboxylic acids is 5. The van der Waals surface area contributed by atoms with Crippen LogP contribution in [0.1, 0.15) is 81.1 Å². The largest absolute Gasteiger partial charge is 0.390 e. The second kappa shape index (κ2) is 15.9. The average Bonchev–Trinajstić information content (AvgIpc) is 3.27. The Kier molecular flexibility index (Phi) is 13.7. The summed E-state index contributed by atoms with van der Waals surface area (Å²) in [6.07, 6.45) is -3.70. The average molecular weight is 725 g/mol. The molecule has 7 atom stereocenters. The normalized spacial score (nSPS) is 22.7. The van der Waals surface area contributed by atoms with Crippen LogP contribution in [0.3, 0.4) is 0 Å². The number of hydrogen-bond acceptors (Lipinski definition) is 7. The summed E-state index contributed by atoms with van der Waals surface area (Å²) in [4.78, 5) is 68.3. The molecule has 1 aliphatic heterocycles. The number of fused-ring (bicyclic) bond motifs is 1. The number of carbonyl (C=O) groups is 5. The van der Waals surface area contributed by atoms with E-state index < -0.39 is 88.3 Å². The molecule has 0 aromatic carbocycles. The summed E-state index contributed by atoms with van der Waals surface area (Å²) in [5.74, 6) is -3.94. The van der Waals surface area contributed by atoms with Gasteiger partial charge in [-0.3, -0.25) is 19.2 Å². The standard InChI is InChI=1S/C32H55F3N6O7S/c1-11-13-20(24(42)27(44)36-15-14-32(33,34)35)37-26(43)23-22-19(31(22,7)8)16-41(23)28(45)25(30(4,5)6)39-29(46)38-21(18(3)12-2)17-40(9)49(10,47)48/h18-23,25H,11-17H2,1-10H3,(H,36,44)(H,37,43)(H2,38,39,46)/t18-,19-,20?,21+,22-,23-,25+/m0/s1. The Hall–Kier alpha value is -2.95. The van der Waals surface area contributed by atoms with E-state index in [0.717, 1.165) is 10.6 Å². The summed E-state index contributed by atoms with van der Waals surface area (Å²) in [6.45, 7) is 14.1. The highest BCUT2D eigenvalue weighted by atomic mass is 32.2. The highest BCUT2D eigenvalue weighted by Crippen LogP contribution is 2.65. The van der Waals surface area contributed by atoms with Crippen LogP contribution in [0.5, 0.6) is 0 Å². The van der Waals surface area contributed by atoms with E-state index in [2.05, 4.69) is 16.0 Å². The molecule has 4 N–H and O–H groups in total. The van der Waals surface area contributed by atoms with Crippen molar-refractivity contribution in [2.75, 3.05) is 32.9 Å². The van der Waals surface area contributed by atoms with Crippen LogP contribution in [0.2, 0.25) is 0 Å². The van der Waals surface area contributed by atoms with Crippen molar-refractivity contribution in [2.45, 2.75) is 111 Å². The molecule has 1 aliphatic carbocycles. The Bertz CT molecular complexity index is 1350. The number of sulfonamides is 1. The third-order valence-electron chi connectivity index (χ3n) is 9.94. The maximum Gasteiger partial charge on any atom is 0.390 e. The molecule has 17 heteroatoms. The highest BCUT2D eigenvalue weighted by molar-refractivity contribution is 7.88. The Morgan fingerprint density at radius 3 is 2.10 bits per heavy atom. The fraction of sp³-hybridized carbons (Fsp3) is 0.844. The lowest BCUT2D eigenvalue weighted by molar-refractivity contribution is -0.146. The summed E-state index contributed by atoms with van der Waals surface area (Å²) >= 11 is 0. The Balaban J connectivity index is 2.29. The van der Waals surface area contributed by atoms with Crippen LogP contribution < -0.4 is 21.3 Å². The number of rotatable bonds is 16. The molecule has 0 bridgehead atoms. The minimum Gasteiger partial charge on any atom is -0.349 e. The van der Waals surface area contributed by atoms with Crippen molar-refractivity contribution in [2.24, 2.45) is 28.6 Å². The molecule has 1 saturated carbocycles. The maximum absolute atomic E-state index is 14.3. The van der Waals surface area contributed by atoms with Crippen LogP contribution in [0.25, 0.3) is 0 Å². The molecule has 1 saturated heterocycles. The summed E-state index contributed by atoms with van der Waals surface area (Å²) in [5.41, 5.74) is -1.14. The van der Waals surface area contributed by atoms with E-state index in [1.807, 2.05) is 33.0 Å². The molecule has 0 aromatic heterocycles. The molecule has 2 aliphatic rings. The van der Waals surface area contributed by atoms with E-state index in [0.29, 0.717) is 12.8 Å². The third kappa shape index (κ3) is 11.0. The van der Waals surface area contributed by atoms with Crippen LogP contribution in [0.4, 0.5) is 18.0 Å². The molecule has 0 radical (unpaired) electrons. The monoisotopic (exact) mass is 724 g/mol. The van der Waals surface area contributed by atoms with Gasteiger partial charge < -0.3 is 26.2 Å². The van der Waals surface area contributed by atoms with Crippen molar-refractivity contribution in [3.8, 4) is 0 Å². The number of halogens is 3. The van der Waals surface area contributed by atoms with Gasteiger partial charge >= 0.3 is 12.2 Å². The number of Topliss-reactive ketones (excluding diaryl/α,β-unsaturated/α-hetero) is 1. The van der Waals surface area contributed by atoms with E-state index in [1.54, 1.807) is 27.7 Å². The summed E-state index contributed by atoms with van der Waals surface area (Å²) < 4.78 is 62.9. The molecule has 0 aromatic rings. The molecule has 2 fully saturated rings. The van der Waals surface area contributed by atoms with Crippen molar-refractivity contribution in [3.05, 3.63) is 0 Å². The molecular weight excluding hydrogens is 669 g/mol. The van der Waals surface area contributed by atoms with Gasteiger partial charge in [-0.05, 0) is 35.0 Å². The van der Waals surface area contributed by atoms with Crippen LogP contribution in [-0.2, 0) is 29.2 Å². The van der Waals surface area contributed by atoms with Crippen molar-refractivity contribution >= 4 is 39.6 Å². The Labute approximate surface area is 288 Å². The van der Waals surface area contributed by atoms with E-state index in [4.69, 9.17) is 0 Å². The molecule has 49 heavy (non-hydrogen) atoms. The molecule has 5 amide bonds. The molecule has 1 heterocycles. The topological polar surface area (TPSA) is 174 Å². The number of hydrogen-bond donors (Lipinski definition) is 4. The predicted molar refractivity (Wildman–Crippen MR) is 177 cm³/mol. The molecule has 13 nitrogen and oxygen atoms in total. The summed E-state index contributed by atoms with van der Waals surface area (Å²) in [6, 6.07) is -4.71. The first-order chi connectivity index (χ1) is 22.3. The number of likely N-dealkylation sites (tertiary alicyclic amines) is 1. The maximum atomic E-state index is 14.3. The van der Waals surface area contributed by atoms with Gasteiger partial charge in [0.1, 0.15) is 12.1 Å². The highest BCUT2D eigenvalue weighted by Gasteiger charge is 2.70. The van der Waals surface area contributed by atoms with Gasteiger partial charge in [-0.2, -0.15) is 13.2 Å². The number of likely N-dealkylation sites (N-methyl/N-ethyl adjacent to an activating group) is 1. The van der Waals surface area contributed by atoms with Crippen molar-refractivity contribution in [1.29, 1.82) is 0 Å². The second-order valence-electron chi connectivity index (χ2n) is 15.2. The summed E-state index contributed by atoms with van der Waals surface area (Å²) in [7, 11) is -2.11. The number of piperidine rings is 1. The van der Waals surface area contributed by atoms with E-state index in [9.17, 15) is 45.6 Å². The van der Waals surface area contributed by atoms with Crippen LogP contribution >= 0.6 is 0 Å². The van der Waals surface area contributed by atoms with Crippen LogP contribution in [-0.4, -0.2) is 110 Å². The van der Waals surface area contributed by atoms with Gasteiger partial charge in [0.15, 0.2) is 0 Å². The summed E-state index contributed by atoms with van der Waals surface area (Å²) in [5, 5.41) is 10.2. The van der Waals surface area contributed by atoms with Crippen LogP contribution in [0, 0.1) is 28.6 Å². The molecule has 1 unspecified atom stereocenters. The van der Waals surface area contributed by atoms with Crippen molar-refractivity contribution in [1.82, 2.24) is 30.5 Å². The fourth-order valence-corrected chi connectivity index (χ4v) is 6.84. The number of urea groups is 1. The van der Waals surface area contributed by atoms with Crippen LogP contribution in [0.15, 0.2) is 0 Å². The molecule has 2 rings (SSSR count). The first kappa shape index (κ1) is 42.2. The van der Waals surface area contributed by atoms with Gasteiger partial charge in [0.2, 0.25) is 27.6 Å². The van der Waals surface area contributed by atoms with Gasteiger partial charge in [-0.15, -0.1) is 0 Å². The van der Waals surface area contributed by atoms with Gasteiger partial charge in [0.05, 0.1) is 18.7 Å². The molecule has 0 spiro atoms. The van der Waals surface area contributed by atoms with Gasteiger partial charge in [-0.1, -0.05) is 68.2 Å². The zero-order valence-electron chi connectivity index (χ0n) is 30.3. The predicted octanol–water partition coefficient (Wildman–Crippen LogP) is 2.41. The van der Waals surface area contributed by atoms with Crippen molar-refractivity contribution in [3.63, 3.8) is 0 Å². The number of ketones is 1. The second-order valence-corrected chi connectivity index (χ2v) is 17.3.